The first-order valence-corrected chi connectivity index (χ1v) is 5.08. The Morgan fingerprint density at radius 3 is 2.20 bits per heavy atom. The summed E-state index contributed by atoms with van der Waals surface area (Å²) in [5, 5.41) is 0. The van der Waals surface area contributed by atoms with Crippen LogP contribution in [-0.4, -0.2) is 6.10 Å². The Morgan fingerprint density at radius 1 is 1.13 bits per heavy atom. The van der Waals surface area contributed by atoms with E-state index in [1.807, 2.05) is 0 Å². The van der Waals surface area contributed by atoms with Crippen molar-refractivity contribution in [3.05, 3.63) is 23.8 Å². The molecule has 2 nitrogen and oxygen atoms in total. The zero-order valence-electron chi connectivity index (χ0n) is 8.30. The smallest absolute Gasteiger partial charge is 0.191 e. The van der Waals surface area contributed by atoms with Gasteiger partial charge < -0.3 is 10.5 Å². The quantitative estimate of drug-likeness (QED) is 0.766. The molecule has 0 atom stereocenters. The van der Waals surface area contributed by atoms with Crippen LogP contribution in [0.15, 0.2) is 12.1 Å². The Bertz CT molecular complexity index is 339. The van der Waals surface area contributed by atoms with Crippen LogP contribution in [0.2, 0.25) is 0 Å². The predicted octanol–water partition coefficient (Wildman–Crippen LogP) is 2.87. The second-order valence-electron chi connectivity index (χ2n) is 3.84. The topological polar surface area (TPSA) is 35.2 Å². The molecular weight excluding hydrogens is 200 g/mol. The largest absolute Gasteiger partial charge is 0.484 e. The molecule has 2 rings (SSSR count). The van der Waals surface area contributed by atoms with Crippen LogP contribution in [0.4, 0.5) is 14.5 Å². The maximum atomic E-state index is 13.3. The molecule has 0 bridgehead atoms. The van der Waals surface area contributed by atoms with Crippen LogP contribution in [-0.2, 0) is 0 Å². The highest BCUT2D eigenvalue weighted by Crippen LogP contribution is 2.29. The molecule has 1 aliphatic rings. The van der Waals surface area contributed by atoms with Gasteiger partial charge in [0.05, 0.1) is 6.10 Å². The lowest BCUT2D eigenvalue weighted by Crippen LogP contribution is -2.13. The van der Waals surface area contributed by atoms with Gasteiger partial charge in [-0.1, -0.05) is 0 Å². The van der Waals surface area contributed by atoms with Crippen molar-refractivity contribution in [2.45, 2.75) is 31.8 Å². The van der Waals surface area contributed by atoms with E-state index < -0.39 is 11.6 Å². The normalized spacial score (nSPS) is 16.9. The lowest BCUT2D eigenvalue weighted by Gasteiger charge is -2.14. The SMILES string of the molecule is Nc1cc(F)c(OC2CCCC2)c(F)c1. The third-order valence-electron chi connectivity index (χ3n) is 2.61. The fraction of sp³-hybridized carbons (Fsp3) is 0.455. The van der Waals surface area contributed by atoms with Gasteiger partial charge in [-0.2, -0.15) is 0 Å². The van der Waals surface area contributed by atoms with Crippen LogP contribution < -0.4 is 10.5 Å². The van der Waals surface area contributed by atoms with Crippen LogP contribution in [0.25, 0.3) is 0 Å². The van der Waals surface area contributed by atoms with E-state index in [1.165, 1.54) is 0 Å². The standard InChI is InChI=1S/C11H13F2NO/c12-9-5-7(14)6-10(13)11(9)15-8-3-1-2-4-8/h5-6,8H,1-4,14H2. The molecule has 1 saturated carbocycles. The summed E-state index contributed by atoms with van der Waals surface area (Å²) in [6, 6.07) is 2.15. The van der Waals surface area contributed by atoms with Crippen molar-refractivity contribution >= 4 is 5.69 Å². The number of hydrogen-bond donors (Lipinski definition) is 1. The number of anilines is 1. The van der Waals surface area contributed by atoms with E-state index in [4.69, 9.17) is 10.5 Å². The predicted molar refractivity (Wildman–Crippen MR) is 53.7 cm³/mol. The number of nitrogens with two attached hydrogens (primary N) is 1. The second-order valence-corrected chi connectivity index (χ2v) is 3.84. The number of hydrogen-bond acceptors (Lipinski definition) is 2. The van der Waals surface area contributed by atoms with Gasteiger partial charge in [-0.15, -0.1) is 0 Å². The molecular formula is C11H13F2NO. The van der Waals surface area contributed by atoms with Crippen molar-refractivity contribution in [1.29, 1.82) is 0 Å². The molecule has 2 N–H and O–H groups in total. The molecule has 0 radical (unpaired) electrons. The fourth-order valence-corrected chi connectivity index (χ4v) is 1.86. The summed E-state index contributed by atoms with van der Waals surface area (Å²) in [6.07, 6.45) is 3.79. The highest BCUT2D eigenvalue weighted by atomic mass is 19.1. The van der Waals surface area contributed by atoms with E-state index in [9.17, 15) is 8.78 Å². The van der Waals surface area contributed by atoms with Gasteiger partial charge in [-0.05, 0) is 25.7 Å². The molecule has 0 amide bonds. The fourth-order valence-electron chi connectivity index (χ4n) is 1.86. The minimum absolute atomic E-state index is 0.0578. The summed E-state index contributed by atoms with van der Waals surface area (Å²) in [7, 11) is 0. The van der Waals surface area contributed by atoms with Gasteiger partial charge in [-0.25, -0.2) is 8.78 Å². The monoisotopic (exact) mass is 213 g/mol. The lowest BCUT2D eigenvalue weighted by atomic mass is 10.2. The van der Waals surface area contributed by atoms with Crippen LogP contribution in [0, 0.1) is 11.6 Å². The summed E-state index contributed by atoms with van der Waals surface area (Å²) in [4.78, 5) is 0. The molecule has 15 heavy (non-hydrogen) atoms. The molecule has 1 aromatic carbocycles. The van der Waals surface area contributed by atoms with E-state index in [2.05, 4.69) is 0 Å². The molecule has 0 aliphatic heterocycles. The molecule has 0 spiro atoms. The number of benzene rings is 1. The van der Waals surface area contributed by atoms with E-state index in [-0.39, 0.29) is 17.5 Å². The van der Waals surface area contributed by atoms with E-state index in [1.54, 1.807) is 0 Å². The van der Waals surface area contributed by atoms with Crippen LogP contribution in [0.3, 0.4) is 0 Å². The highest BCUT2D eigenvalue weighted by Gasteiger charge is 2.20. The first-order valence-electron chi connectivity index (χ1n) is 5.08. The highest BCUT2D eigenvalue weighted by molar-refractivity contribution is 5.44. The Kier molecular flexibility index (Phi) is 2.75. The molecule has 82 valence electrons. The Balaban J connectivity index is 2.19. The van der Waals surface area contributed by atoms with Crippen LogP contribution in [0.5, 0.6) is 5.75 Å². The average molecular weight is 213 g/mol. The number of ether oxygens (including phenoxy) is 1. The number of nitrogen functional groups attached to an aromatic ring is 1. The minimum Gasteiger partial charge on any atom is -0.484 e. The molecule has 1 fully saturated rings. The van der Waals surface area contributed by atoms with Crippen molar-refractivity contribution in [3.8, 4) is 5.75 Å². The first-order chi connectivity index (χ1) is 7.16. The van der Waals surface area contributed by atoms with Gasteiger partial charge in [0.1, 0.15) is 0 Å². The van der Waals surface area contributed by atoms with Gasteiger partial charge in [-0.3, -0.25) is 0 Å². The maximum Gasteiger partial charge on any atom is 0.191 e. The van der Waals surface area contributed by atoms with Gasteiger partial charge in [0.2, 0.25) is 0 Å². The summed E-state index contributed by atoms with van der Waals surface area (Å²) in [5.74, 6) is -1.74. The van der Waals surface area contributed by atoms with Gasteiger partial charge in [0.15, 0.2) is 17.4 Å². The van der Waals surface area contributed by atoms with Gasteiger partial charge in [0.25, 0.3) is 0 Å². The van der Waals surface area contributed by atoms with Crippen LogP contribution in [0.1, 0.15) is 25.7 Å². The Hall–Kier alpha value is -1.32. The van der Waals surface area contributed by atoms with Crippen molar-refractivity contribution in [1.82, 2.24) is 0 Å². The first kappa shape index (κ1) is 10.2. The van der Waals surface area contributed by atoms with Gasteiger partial charge >= 0.3 is 0 Å². The molecule has 4 heteroatoms. The third-order valence-corrected chi connectivity index (χ3v) is 2.61. The molecule has 1 aromatic rings. The van der Waals surface area contributed by atoms with Crippen molar-refractivity contribution in [3.63, 3.8) is 0 Å². The van der Waals surface area contributed by atoms with Crippen molar-refractivity contribution in [2.24, 2.45) is 0 Å². The zero-order valence-corrected chi connectivity index (χ0v) is 8.30. The summed E-state index contributed by atoms with van der Waals surface area (Å²) in [6.45, 7) is 0. The van der Waals surface area contributed by atoms with E-state index in [0.29, 0.717) is 0 Å². The second kappa shape index (κ2) is 4.04. The van der Waals surface area contributed by atoms with E-state index in [0.717, 1.165) is 37.8 Å². The maximum absolute atomic E-state index is 13.3. The third kappa shape index (κ3) is 2.19. The summed E-state index contributed by atoms with van der Waals surface area (Å²) < 4.78 is 31.9. The molecule has 0 saturated heterocycles. The van der Waals surface area contributed by atoms with E-state index >= 15 is 0 Å². The zero-order chi connectivity index (χ0) is 10.8. The van der Waals surface area contributed by atoms with Gasteiger partial charge in [0, 0.05) is 17.8 Å². The summed E-state index contributed by atoms with van der Waals surface area (Å²) in [5.41, 5.74) is 5.37. The van der Waals surface area contributed by atoms with Crippen molar-refractivity contribution < 1.29 is 13.5 Å². The Morgan fingerprint density at radius 2 is 1.67 bits per heavy atom. The van der Waals surface area contributed by atoms with Crippen LogP contribution >= 0.6 is 0 Å². The molecule has 0 unspecified atom stereocenters. The Labute approximate surface area is 87.0 Å². The number of rotatable bonds is 2. The van der Waals surface area contributed by atoms with Crippen molar-refractivity contribution in [2.75, 3.05) is 5.73 Å². The lowest BCUT2D eigenvalue weighted by molar-refractivity contribution is 0.191. The summed E-state index contributed by atoms with van der Waals surface area (Å²) >= 11 is 0. The minimum atomic E-state index is -0.723. The molecule has 0 aromatic heterocycles. The molecule has 0 heterocycles. The average Bonchev–Trinajstić information content (AvgIpc) is 2.63. The number of halogens is 2. The molecule has 1 aliphatic carbocycles.